The summed E-state index contributed by atoms with van der Waals surface area (Å²) >= 11 is 0. The Hall–Kier alpha value is -1.78. The molecule has 0 spiro atoms. The minimum Gasteiger partial charge on any atom is -0.396 e. The molecule has 2 atom stereocenters. The molecule has 1 aliphatic heterocycles. The molecule has 0 aromatic carbocycles. The minimum absolute atomic E-state index is 0.108. The molecule has 2 unspecified atom stereocenters. The maximum atomic E-state index is 11.3. The van der Waals surface area contributed by atoms with Gasteiger partial charge in [0.25, 0.3) is 0 Å². The highest BCUT2D eigenvalue weighted by molar-refractivity contribution is 5.78. The molecule has 18 heavy (non-hydrogen) atoms. The standard InChI is InChI=1S/C13H20N4O/c1-8-5-6-16-13(11(8)14)17-7-10(12(15)18)4-3-9(17)2/h5-6,9-10H,3-4,7,14H2,1-2H3,(H2,15,18). The Bertz CT molecular complexity index is 460. The summed E-state index contributed by atoms with van der Waals surface area (Å²) in [7, 11) is 0. The smallest absolute Gasteiger partial charge is 0.222 e. The number of carbonyl (C=O) groups is 1. The maximum Gasteiger partial charge on any atom is 0.222 e. The van der Waals surface area contributed by atoms with Crippen molar-refractivity contribution >= 4 is 17.4 Å². The average Bonchev–Trinajstić information content (AvgIpc) is 2.33. The van der Waals surface area contributed by atoms with Gasteiger partial charge in [-0.25, -0.2) is 4.98 Å². The SMILES string of the molecule is Cc1ccnc(N2CC(C(N)=O)CCC2C)c1N. The van der Waals surface area contributed by atoms with Crippen LogP contribution in [-0.2, 0) is 4.79 Å². The first-order valence-electron chi connectivity index (χ1n) is 6.27. The summed E-state index contributed by atoms with van der Waals surface area (Å²) in [4.78, 5) is 17.8. The van der Waals surface area contributed by atoms with E-state index in [1.165, 1.54) is 0 Å². The fourth-order valence-electron chi connectivity index (χ4n) is 2.42. The first-order valence-corrected chi connectivity index (χ1v) is 6.27. The van der Waals surface area contributed by atoms with Crippen LogP contribution >= 0.6 is 0 Å². The van der Waals surface area contributed by atoms with Crippen LogP contribution in [0.3, 0.4) is 0 Å². The second kappa shape index (κ2) is 4.84. The summed E-state index contributed by atoms with van der Waals surface area (Å²) in [5.74, 6) is 0.425. The van der Waals surface area contributed by atoms with E-state index < -0.39 is 0 Å². The van der Waals surface area contributed by atoms with Gasteiger partial charge < -0.3 is 16.4 Å². The lowest BCUT2D eigenvalue weighted by Crippen LogP contribution is -2.46. The number of carbonyl (C=O) groups excluding carboxylic acids is 1. The van der Waals surface area contributed by atoms with Crippen molar-refractivity contribution < 1.29 is 4.79 Å². The molecular formula is C13H20N4O. The van der Waals surface area contributed by atoms with Gasteiger partial charge in [-0.15, -0.1) is 0 Å². The summed E-state index contributed by atoms with van der Waals surface area (Å²) in [5.41, 5.74) is 13.2. The number of pyridine rings is 1. The summed E-state index contributed by atoms with van der Waals surface area (Å²) < 4.78 is 0. The summed E-state index contributed by atoms with van der Waals surface area (Å²) in [6.07, 6.45) is 3.53. The van der Waals surface area contributed by atoms with Gasteiger partial charge in [0, 0.05) is 18.8 Å². The number of amides is 1. The van der Waals surface area contributed by atoms with Gasteiger partial charge in [-0.2, -0.15) is 0 Å². The van der Waals surface area contributed by atoms with Gasteiger partial charge >= 0.3 is 0 Å². The van der Waals surface area contributed by atoms with E-state index in [4.69, 9.17) is 11.5 Å². The van der Waals surface area contributed by atoms with Gasteiger partial charge in [-0.3, -0.25) is 4.79 Å². The van der Waals surface area contributed by atoms with Crippen molar-refractivity contribution in [2.45, 2.75) is 32.7 Å². The van der Waals surface area contributed by atoms with Crippen LogP contribution < -0.4 is 16.4 Å². The Balaban J connectivity index is 2.30. The van der Waals surface area contributed by atoms with E-state index in [-0.39, 0.29) is 11.8 Å². The molecule has 0 bridgehead atoms. The molecule has 1 aliphatic rings. The highest BCUT2D eigenvalue weighted by Gasteiger charge is 2.30. The lowest BCUT2D eigenvalue weighted by molar-refractivity contribution is -0.122. The number of rotatable bonds is 2. The van der Waals surface area contributed by atoms with Crippen molar-refractivity contribution in [2.24, 2.45) is 11.7 Å². The third-order valence-electron chi connectivity index (χ3n) is 3.74. The van der Waals surface area contributed by atoms with E-state index in [1.807, 2.05) is 13.0 Å². The van der Waals surface area contributed by atoms with Gasteiger partial charge in [-0.1, -0.05) is 0 Å². The molecular weight excluding hydrogens is 228 g/mol. The predicted molar refractivity (Wildman–Crippen MR) is 72.1 cm³/mol. The first-order chi connectivity index (χ1) is 8.50. The number of aryl methyl sites for hydroxylation is 1. The Morgan fingerprint density at radius 2 is 2.22 bits per heavy atom. The van der Waals surface area contributed by atoms with E-state index in [0.29, 0.717) is 18.3 Å². The quantitative estimate of drug-likeness (QED) is 0.819. The lowest BCUT2D eigenvalue weighted by Gasteiger charge is -2.38. The van der Waals surface area contributed by atoms with Crippen LogP contribution in [0.1, 0.15) is 25.3 Å². The molecule has 5 nitrogen and oxygen atoms in total. The maximum absolute atomic E-state index is 11.3. The van der Waals surface area contributed by atoms with Crippen LogP contribution in [0.2, 0.25) is 0 Å². The number of anilines is 2. The normalized spacial score (nSPS) is 24.0. The number of piperidine rings is 1. The molecule has 5 heteroatoms. The number of primary amides is 1. The molecule has 98 valence electrons. The van der Waals surface area contributed by atoms with Gasteiger partial charge in [0.15, 0.2) is 5.82 Å². The highest BCUT2D eigenvalue weighted by Crippen LogP contribution is 2.31. The van der Waals surface area contributed by atoms with Gasteiger partial charge in [0.1, 0.15) is 0 Å². The molecule has 0 saturated carbocycles. The number of nitrogens with two attached hydrogens (primary N) is 2. The molecule has 1 aromatic rings. The second-order valence-corrected chi connectivity index (χ2v) is 5.04. The van der Waals surface area contributed by atoms with Crippen LogP contribution in [0.4, 0.5) is 11.5 Å². The first kappa shape index (κ1) is 12.7. The third-order valence-corrected chi connectivity index (χ3v) is 3.74. The summed E-state index contributed by atoms with van der Waals surface area (Å²) in [6, 6.07) is 2.22. The Morgan fingerprint density at radius 1 is 1.50 bits per heavy atom. The fraction of sp³-hybridized carbons (Fsp3) is 0.538. The fourth-order valence-corrected chi connectivity index (χ4v) is 2.42. The summed E-state index contributed by atoms with van der Waals surface area (Å²) in [6.45, 7) is 4.69. The molecule has 2 heterocycles. The number of hydrogen-bond acceptors (Lipinski definition) is 4. The van der Waals surface area contributed by atoms with Crippen molar-refractivity contribution in [3.05, 3.63) is 17.8 Å². The van der Waals surface area contributed by atoms with Crippen LogP contribution in [0.5, 0.6) is 0 Å². The molecule has 1 fully saturated rings. The molecule has 0 radical (unpaired) electrons. The highest BCUT2D eigenvalue weighted by atomic mass is 16.1. The third kappa shape index (κ3) is 2.25. The Kier molecular flexibility index (Phi) is 3.41. The topological polar surface area (TPSA) is 85.2 Å². The molecule has 1 aromatic heterocycles. The molecule has 1 saturated heterocycles. The van der Waals surface area contributed by atoms with E-state index in [0.717, 1.165) is 24.2 Å². The number of hydrogen-bond donors (Lipinski definition) is 2. The minimum atomic E-state index is -0.238. The van der Waals surface area contributed by atoms with Crippen molar-refractivity contribution in [2.75, 3.05) is 17.2 Å². The van der Waals surface area contributed by atoms with E-state index in [2.05, 4.69) is 16.8 Å². The largest absolute Gasteiger partial charge is 0.396 e. The van der Waals surface area contributed by atoms with E-state index in [1.54, 1.807) is 6.20 Å². The summed E-state index contributed by atoms with van der Waals surface area (Å²) in [5, 5.41) is 0. The molecule has 4 N–H and O–H groups in total. The number of nitrogens with zero attached hydrogens (tertiary/aromatic N) is 2. The average molecular weight is 248 g/mol. The molecule has 1 amide bonds. The van der Waals surface area contributed by atoms with Crippen LogP contribution in [0, 0.1) is 12.8 Å². The van der Waals surface area contributed by atoms with E-state index >= 15 is 0 Å². The van der Waals surface area contributed by atoms with Crippen molar-refractivity contribution in [3.63, 3.8) is 0 Å². The second-order valence-electron chi connectivity index (χ2n) is 5.04. The van der Waals surface area contributed by atoms with Crippen LogP contribution in [-0.4, -0.2) is 23.5 Å². The van der Waals surface area contributed by atoms with Crippen LogP contribution in [0.25, 0.3) is 0 Å². The van der Waals surface area contributed by atoms with Gasteiger partial charge in [0.05, 0.1) is 11.6 Å². The lowest BCUT2D eigenvalue weighted by atomic mass is 9.92. The predicted octanol–water partition coefficient (Wildman–Crippen LogP) is 1.06. The van der Waals surface area contributed by atoms with Gasteiger partial charge in [0.2, 0.25) is 5.91 Å². The Labute approximate surface area is 107 Å². The van der Waals surface area contributed by atoms with Crippen molar-refractivity contribution in [1.82, 2.24) is 4.98 Å². The number of nitrogen functional groups attached to an aromatic ring is 1. The Morgan fingerprint density at radius 3 is 2.89 bits per heavy atom. The van der Waals surface area contributed by atoms with E-state index in [9.17, 15) is 4.79 Å². The van der Waals surface area contributed by atoms with Gasteiger partial charge in [-0.05, 0) is 38.3 Å². The zero-order chi connectivity index (χ0) is 13.3. The zero-order valence-electron chi connectivity index (χ0n) is 10.9. The number of aromatic nitrogens is 1. The zero-order valence-corrected chi connectivity index (χ0v) is 10.9. The van der Waals surface area contributed by atoms with Crippen molar-refractivity contribution in [3.8, 4) is 0 Å². The molecule has 0 aliphatic carbocycles. The van der Waals surface area contributed by atoms with Crippen LogP contribution in [0.15, 0.2) is 12.3 Å². The van der Waals surface area contributed by atoms with Crippen molar-refractivity contribution in [1.29, 1.82) is 0 Å². The molecule has 2 rings (SSSR count). The monoisotopic (exact) mass is 248 g/mol.